The third kappa shape index (κ3) is 4.01. The highest BCUT2D eigenvalue weighted by molar-refractivity contribution is 6.15. The normalized spacial score (nSPS) is 14.3. The molecule has 47 heavy (non-hydrogen) atoms. The van der Waals surface area contributed by atoms with Gasteiger partial charge in [-0.05, 0) is 72.1 Å². The van der Waals surface area contributed by atoms with Gasteiger partial charge in [-0.15, -0.1) is 0 Å². The number of aryl methyl sites for hydroxylation is 1. The maximum absolute atomic E-state index is 13.8. The summed E-state index contributed by atoms with van der Waals surface area (Å²) in [5, 5.41) is 0. The third-order valence-corrected chi connectivity index (χ3v) is 8.32. The summed E-state index contributed by atoms with van der Waals surface area (Å²) in [4.78, 5) is 34.9. The number of carbonyl (C=O) groups is 2. The standard InChI is InChI=1S/C32H13F9N4O2/c1-12-6-20(31(36,37)38)24-22(7-12)44-26(42-24)16-4-2-14(9-19(16)29(44)47)13-3-5-17-18(8-13)27-43-25-21(32(39,40)41)10-15(30(33,34)35)11-23(25)45(27)28(17)46/h2-11H,1H3. The fraction of sp³-hybridized carbons (Fsp3) is 0.125. The van der Waals surface area contributed by atoms with Crippen LogP contribution in [0.1, 0.15) is 43.0 Å². The number of benzene rings is 4. The minimum Gasteiger partial charge on any atom is -0.268 e. The molecule has 4 aromatic carbocycles. The Morgan fingerprint density at radius 2 is 1.02 bits per heavy atom. The van der Waals surface area contributed by atoms with E-state index in [0.717, 1.165) is 10.6 Å². The van der Waals surface area contributed by atoms with Crippen LogP contribution in [-0.2, 0) is 18.5 Å². The molecule has 0 unspecified atom stereocenters. The van der Waals surface area contributed by atoms with Crippen LogP contribution in [0.2, 0.25) is 0 Å². The van der Waals surface area contributed by atoms with E-state index in [4.69, 9.17) is 0 Å². The summed E-state index contributed by atoms with van der Waals surface area (Å²) in [6.45, 7) is 1.46. The molecule has 236 valence electrons. The van der Waals surface area contributed by atoms with Crippen LogP contribution in [-0.4, -0.2) is 30.9 Å². The first-order valence-electron chi connectivity index (χ1n) is 13.6. The summed E-state index contributed by atoms with van der Waals surface area (Å²) >= 11 is 0. The van der Waals surface area contributed by atoms with Gasteiger partial charge in [0.05, 0.1) is 38.9 Å². The summed E-state index contributed by atoms with van der Waals surface area (Å²) in [7, 11) is 0. The van der Waals surface area contributed by atoms with Crippen LogP contribution in [0, 0.1) is 6.92 Å². The molecule has 0 aliphatic carbocycles. The van der Waals surface area contributed by atoms with Crippen molar-refractivity contribution in [2.24, 2.45) is 0 Å². The third-order valence-electron chi connectivity index (χ3n) is 8.32. The predicted molar refractivity (Wildman–Crippen MR) is 149 cm³/mol. The molecule has 2 aromatic heterocycles. The minimum absolute atomic E-state index is 0.0104. The summed E-state index contributed by atoms with van der Waals surface area (Å²) < 4.78 is 125. The second kappa shape index (κ2) is 8.86. The molecule has 4 heterocycles. The maximum Gasteiger partial charge on any atom is 0.418 e. The van der Waals surface area contributed by atoms with Gasteiger partial charge in [0.15, 0.2) is 0 Å². The number of imidazole rings is 2. The first-order valence-corrected chi connectivity index (χ1v) is 13.6. The molecule has 0 radical (unpaired) electrons. The Morgan fingerprint density at radius 1 is 0.532 bits per heavy atom. The van der Waals surface area contributed by atoms with Gasteiger partial charge in [0.2, 0.25) is 0 Å². The van der Waals surface area contributed by atoms with Gasteiger partial charge in [0, 0.05) is 11.1 Å². The van der Waals surface area contributed by atoms with E-state index >= 15 is 0 Å². The van der Waals surface area contributed by atoms with Crippen molar-refractivity contribution in [1.82, 2.24) is 19.1 Å². The number of fused-ring (bicyclic) bond motifs is 10. The van der Waals surface area contributed by atoms with Crippen molar-refractivity contribution in [3.63, 3.8) is 0 Å². The Bertz CT molecular complexity index is 2430. The van der Waals surface area contributed by atoms with Crippen LogP contribution in [0.15, 0.2) is 60.7 Å². The number of alkyl halides is 9. The van der Waals surface area contributed by atoms with Crippen molar-refractivity contribution in [2.45, 2.75) is 25.5 Å². The molecule has 15 heteroatoms. The van der Waals surface area contributed by atoms with E-state index < -0.39 is 58.1 Å². The number of aromatic nitrogens is 4. The van der Waals surface area contributed by atoms with Crippen molar-refractivity contribution in [2.75, 3.05) is 0 Å². The molecule has 0 atom stereocenters. The molecule has 0 saturated carbocycles. The molecule has 2 aliphatic heterocycles. The van der Waals surface area contributed by atoms with E-state index in [1.54, 1.807) is 6.07 Å². The monoisotopic (exact) mass is 656 g/mol. The fourth-order valence-corrected chi connectivity index (χ4v) is 6.30. The molecule has 8 rings (SSSR count). The van der Waals surface area contributed by atoms with Crippen LogP contribution < -0.4 is 0 Å². The van der Waals surface area contributed by atoms with Gasteiger partial charge >= 0.3 is 18.5 Å². The van der Waals surface area contributed by atoms with E-state index in [9.17, 15) is 49.1 Å². The Hall–Kier alpha value is -5.47. The zero-order valence-electron chi connectivity index (χ0n) is 23.3. The molecule has 0 N–H and O–H groups in total. The lowest BCUT2D eigenvalue weighted by Gasteiger charge is -2.13. The SMILES string of the molecule is Cc1cc(C(F)(F)F)c2nc3n(c2c1)C(=O)c1cc(-c2ccc4c(c2)-c2nc5c(C(F)(F)F)cc(C(F)(F)F)cc5n2C4=O)ccc1-3. The second-order valence-corrected chi connectivity index (χ2v) is 11.2. The molecule has 0 spiro atoms. The van der Waals surface area contributed by atoms with Crippen LogP contribution in [0.3, 0.4) is 0 Å². The Labute approximate surface area is 255 Å². The van der Waals surface area contributed by atoms with Crippen molar-refractivity contribution in [3.05, 3.63) is 94.0 Å². The predicted octanol–water partition coefficient (Wildman–Crippen LogP) is 8.76. The summed E-state index contributed by atoms with van der Waals surface area (Å²) in [6.07, 6.45) is -15.0. The highest BCUT2D eigenvalue weighted by Crippen LogP contribution is 2.45. The average molecular weight is 656 g/mol. The van der Waals surface area contributed by atoms with Crippen LogP contribution in [0.25, 0.3) is 56.0 Å². The van der Waals surface area contributed by atoms with Crippen molar-refractivity contribution < 1.29 is 49.1 Å². The van der Waals surface area contributed by atoms with E-state index in [0.29, 0.717) is 21.8 Å². The summed E-state index contributed by atoms with van der Waals surface area (Å²) in [5.74, 6) is -1.76. The zero-order valence-corrected chi connectivity index (χ0v) is 23.3. The van der Waals surface area contributed by atoms with Crippen LogP contribution >= 0.6 is 0 Å². The second-order valence-electron chi connectivity index (χ2n) is 11.2. The first-order chi connectivity index (χ1) is 21.9. The van der Waals surface area contributed by atoms with Crippen molar-refractivity contribution in [1.29, 1.82) is 0 Å². The van der Waals surface area contributed by atoms with E-state index in [2.05, 4.69) is 9.97 Å². The fourth-order valence-electron chi connectivity index (χ4n) is 6.30. The van der Waals surface area contributed by atoms with E-state index in [1.807, 2.05) is 0 Å². The number of rotatable bonds is 1. The number of hydrogen-bond donors (Lipinski definition) is 0. The van der Waals surface area contributed by atoms with Gasteiger partial charge in [-0.25, -0.2) is 9.97 Å². The topological polar surface area (TPSA) is 69.8 Å². The molecule has 0 fully saturated rings. The molecular formula is C32H13F9N4O2. The number of carbonyl (C=O) groups excluding carboxylic acids is 2. The van der Waals surface area contributed by atoms with Gasteiger partial charge in [0.25, 0.3) is 11.8 Å². The lowest BCUT2D eigenvalue weighted by atomic mass is 9.96. The first kappa shape index (κ1) is 29.0. The van der Waals surface area contributed by atoms with Crippen molar-refractivity contribution >= 4 is 33.9 Å². The quantitative estimate of drug-likeness (QED) is 0.166. The molecule has 0 saturated heterocycles. The highest BCUT2D eigenvalue weighted by Gasteiger charge is 2.42. The Morgan fingerprint density at radius 3 is 1.60 bits per heavy atom. The van der Waals surface area contributed by atoms with Crippen LogP contribution in [0.5, 0.6) is 0 Å². The molecule has 6 nitrogen and oxygen atoms in total. The smallest absolute Gasteiger partial charge is 0.268 e. The van der Waals surface area contributed by atoms with Crippen molar-refractivity contribution in [3.8, 4) is 33.9 Å². The lowest BCUT2D eigenvalue weighted by molar-refractivity contribution is -0.142. The Balaban J connectivity index is 1.25. The van der Waals surface area contributed by atoms with Gasteiger partial charge in [-0.2, -0.15) is 39.5 Å². The number of nitrogens with zero attached hydrogens (tertiary/aromatic N) is 4. The lowest BCUT2D eigenvalue weighted by Crippen LogP contribution is -2.13. The molecular weight excluding hydrogens is 643 g/mol. The largest absolute Gasteiger partial charge is 0.418 e. The molecule has 6 aromatic rings. The van der Waals surface area contributed by atoms with Gasteiger partial charge < -0.3 is 0 Å². The van der Waals surface area contributed by atoms with Crippen LogP contribution in [0.4, 0.5) is 39.5 Å². The maximum atomic E-state index is 13.8. The van der Waals surface area contributed by atoms with Gasteiger partial charge in [0.1, 0.15) is 22.7 Å². The summed E-state index contributed by atoms with van der Waals surface area (Å²) in [6, 6.07) is 11.6. The summed E-state index contributed by atoms with van der Waals surface area (Å²) in [5.41, 5.74) is -4.57. The minimum atomic E-state index is -5.20. The average Bonchev–Trinajstić information content (AvgIpc) is 3.69. The number of hydrogen-bond acceptors (Lipinski definition) is 4. The molecule has 0 amide bonds. The van der Waals surface area contributed by atoms with Gasteiger partial charge in [-0.3, -0.25) is 18.7 Å². The molecule has 0 bridgehead atoms. The molecule has 2 aliphatic rings. The Kier molecular flexibility index (Phi) is 5.46. The van der Waals surface area contributed by atoms with E-state index in [1.165, 1.54) is 43.3 Å². The highest BCUT2D eigenvalue weighted by atomic mass is 19.4. The zero-order chi connectivity index (χ0) is 33.5. The number of halogens is 9. The van der Waals surface area contributed by atoms with Gasteiger partial charge in [-0.1, -0.05) is 12.1 Å². The van der Waals surface area contributed by atoms with E-state index in [-0.39, 0.29) is 56.6 Å².